The summed E-state index contributed by atoms with van der Waals surface area (Å²) in [5, 5.41) is 12.1. The van der Waals surface area contributed by atoms with Crippen LogP contribution in [0.5, 0.6) is 0 Å². The number of ether oxygens (including phenoxy) is 1. The predicted molar refractivity (Wildman–Crippen MR) is 67.3 cm³/mol. The molecule has 1 fully saturated rings. The molecule has 0 aromatic heterocycles. The summed E-state index contributed by atoms with van der Waals surface area (Å²) in [6.07, 6.45) is 3.12. The number of carboxylic acids is 1. The molecule has 1 aliphatic rings. The zero-order chi connectivity index (χ0) is 13.8. The standard InChI is InChI=1S/C13H23NO4/c1-12(2,3)18-11(17)13(9-10(15)16)7-5-4-6-8-14-13/h14H,4-9H2,1-3H3,(H,15,16)/t13-/m0/s1. The normalized spacial score (nSPS) is 25.3. The van der Waals surface area contributed by atoms with Gasteiger partial charge >= 0.3 is 11.9 Å². The number of hydrogen-bond acceptors (Lipinski definition) is 4. The van der Waals surface area contributed by atoms with Crippen LogP contribution >= 0.6 is 0 Å². The van der Waals surface area contributed by atoms with Crippen LogP contribution in [0.1, 0.15) is 52.9 Å². The van der Waals surface area contributed by atoms with Crippen LogP contribution in [0.25, 0.3) is 0 Å². The first kappa shape index (κ1) is 15.0. The highest BCUT2D eigenvalue weighted by Crippen LogP contribution is 2.26. The maximum Gasteiger partial charge on any atom is 0.327 e. The molecular formula is C13H23NO4. The van der Waals surface area contributed by atoms with E-state index in [0.29, 0.717) is 13.0 Å². The Morgan fingerprint density at radius 3 is 2.50 bits per heavy atom. The van der Waals surface area contributed by atoms with Gasteiger partial charge in [-0.15, -0.1) is 0 Å². The lowest BCUT2D eigenvalue weighted by atomic mass is 9.89. The van der Waals surface area contributed by atoms with Crippen LogP contribution in [0.2, 0.25) is 0 Å². The van der Waals surface area contributed by atoms with E-state index in [1.165, 1.54) is 0 Å². The first-order valence-corrected chi connectivity index (χ1v) is 6.45. The molecule has 1 aliphatic heterocycles. The Kier molecular flexibility index (Phi) is 4.73. The van der Waals surface area contributed by atoms with E-state index < -0.39 is 23.1 Å². The van der Waals surface area contributed by atoms with Crippen molar-refractivity contribution in [3.05, 3.63) is 0 Å². The number of carbonyl (C=O) groups excluding carboxylic acids is 1. The van der Waals surface area contributed by atoms with Crippen LogP contribution < -0.4 is 5.32 Å². The molecule has 1 heterocycles. The van der Waals surface area contributed by atoms with Crippen LogP contribution in [-0.4, -0.2) is 34.7 Å². The van der Waals surface area contributed by atoms with Crippen molar-refractivity contribution in [3.8, 4) is 0 Å². The van der Waals surface area contributed by atoms with Gasteiger partial charge in [-0.05, 0) is 40.2 Å². The van der Waals surface area contributed by atoms with Crippen molar-refractivity contribution in [3.63, 3.8) is 0 Å². The molecule has 5 heteroatoms. The maximum absolute atomic E-state index is 12.3. The highest BCUT2D eigenvalue weighted by molar-refractivity contribution is 5.86. The zero-order valence-electron chi connectivity index (χ0n) is 11.4. The summed E-state index contributed by atoms with van der Waals surface area (Å²) in [4.78, 5) is 23.3. The van der Waals surface area contributed by atoms with Crippen LogP contribution in [0.4, 0.5) is 0 Å². The number of carbonyl (C=O) groups is 2. The fourth-order valence-electron chi connectivity index (χ4n) is 2.18. The second kappa shape index (κ2) is 5.69. The lowest BCUT2D eigenvalue weighted by Gasteiger charge is -2.33. The molecule has 0 aromatic carbocycles. The molecule has 0 aliphatic carbocycles. The summed E-state index contributed by atoms with van der Waals surface area (Å²) in [6.45, 7) is 6.02. The van der Waals surface area contributed by atoms with Crippen LogP contribution in [0.15, 0.2) is 0 Å². The van der Waals surface area contributed by atoms with Crippen molar-refractivity contribution < 1.29 is 19.4 Å². The second-order valence-corrected chi connectivity index (χ2v) is 5.89. The fourth-order valence-corrected chi connectivity index (χ4v) is 2.18. The molecule has 0 radical (unpaired) electrons. The summed E-state index contributed by atoms with van der Waals surface area (Å²) >= 11 is 0. The average Bonchev–Trinajstić information content (AvgIpc) is 2.40. The number of aliphatic carboxylic acids is 1. The highest BCUT2D eigenvalue weighted by Gasteiger charge is 2.43. The molecule has 1 rings (SSSR count). The van der Waals surface area contributed by atoms with E-state index in [2.05, 4.69) is 5.32 Å². The van der Waals surface area contributed by atoms with Crippen molar-refractivity contribution in [2.45, 2.75) is 64.0 Å². The molecular weight excluding hydrogens is 234 g/mol. The molecule has 18 heavy (non-hydrogen) atoms. The Balaban J connectivity index is 2.88. The molecule has 0 amide bonds. The third-order valence-electron chi connectivity index (χ3n) is 2.99. The lowest BCUT2D eigenvalue weighted by Crippen LogP contribution is -2.55. The maximum atomic E-state index is 12.3. The smallest absolute Gasteiger partial charge is 0.327 e. The van der Waals surface area contributed by atoms with Gasteiger partial charge < -0.3 is 15.2 Å². The van der Waals surface area contributed by atoms with Gasteiger partial charge in [0.15, 0.2) is 0 Å². The van der Waals surface area contributed by atoms with E-state index in [-0.39, 0.29) is 6.42 Å². The quantitative estimate of drug-likeness (QED) is 0.753. The molecule has 0 saturated carbocycles. The SMILES string of the molecule is CC(C)(C)OC(=O)[C@@]1(CC(=O)O)CCCCCN1. The van der Waals surface area contributed by atoms with Gasteiger partial charge in [0.25, 0.3) is 0 Å². The first-order valence-electron chi connectivity index (χ1n) is 6.45. The first-order chi connectivity index (χ1) is 8.25. The molecule has 0 unspecified atom stereocenters. The van der Waals surface area contributed by atoms with E-state index in [0.717, 1.165) is 19.3 Å². The van der Waals surface area contributed by atoms with Gasteiger partial charge in [0.2, 0.25) is 0 Å². The van der Waals surface area contributed by atoms with Gasteiger partial charge in [-0.1, -0.05) is 12.8 Å². The summed E-state index contributed by atoms with van der Waals surface area (Å²) in [6, 6.07) is 0. The third-order valence-corrected chi connectivity index (χ3v) is 2.99. The predicted octanol–water partition coefficient (Wildman–Crippen LogP) is 1.71. The van der Waals surface area contributed by atoms with Gasteiger partial charge in [0, 0.05) is 0 Å². The van der Waals surface area contributed by atoms with Crippen molar-refractivity contribution in [2.24, 2.45) is 0 Å². The van der Waals surface area contributed by atoms with E-state index >= 15 is 0 Å². The number of esters is 1. The Morgan fingerprint density at radius 2 is 1.94 bits per heavy atom. The Morgan fingerprint density at radius 1 is 1.28 bits per heavy atom. The minimum atomic E-state index is -1.06. The van der Waals surface area contributed by atoms with Gasteiger partial charge in [0.1, 0.15) is 11.1 Å². The highest BCUT2D eigenvalue weighted by atomic mass is 16.6. The van der Waals surface area contributed by atoms with Crippen molar-refractivity contribution in [1.82, 2.24) is 5.32 Å². The zero-order valence-corrected chi connectivity index (χ0v) is 11.4. The van der Waals surface area contributed by atoms with E-state index in [1.54, 1.807) is 20.8 Å². The van der Waals surface area contributed by atoms with Gasteiger partial charge in [-0.25, -0.2) is 0 Å². The van der Waals surface area contributed by atoms with Gasteiger partial charge in [-0.3, -0.25) is 9.59 Å². The van der Waals surface area contributed by atoms with Gasteiger partial charge in [-0.2, -0.15) is 0 Å². The summed E-state index contributed by atoms with van der Waals surface area (Å²) in [5.74, 6) is -1.42. The van der Waals surface area contributed by atoms with Gasteiger partial charge in [0.05, 0.1) is 6.42 Å². The molecule has 0 aromatic rings. The number of carboxylic acid groups (broad SMARTS) is 1. The summed E-state index contributed by atoms with van der Waals surface area (Å²) in [5.41, 5.74) is -1.66. The average molecular weight is 257 g/mol. The van der Waals surface area contributed by atoms with Crippen LogP contribution in [0.3, 0.4) is 0 Å². The molecule has 0 bridgehead atoms. The van der Waals surface area contributed by atoms with Crippen molar-refractivity contribution in [2.75, 3.05) is 6.54 Å². The van der Waals surface area contributed by atoms with Crippen molar-refractivity contribution in [1.29, 1.82) is 0 Å². The largest absolute Gasteiger partial charge is 0.481 e. The molecule has 2 N–H and O–H groups in total. The number of nitrogens with one attached hydrogen (secondary N) is 1. The fraction of sp³-hybridized carbons (Fsp3) is 0.846. The van der Waals surface area contributed by atoms with E-state index in [9.17, 15) is 9.59 Å². The molecule has 5 nitrogen and oxygen atoms in total. The van der Waals surface area contributed by atoms with Crippen molar-refractivity contribution >= 4 is 11.9 Å². The molecule has 104 valence electrons. The summed E-state index contributed by atoms with van der Waals surface area (Å²) < 4.78 is 5.37. The molecule has 0 spiro atoms. The molecule has 1 saturated heterocycles. The minimum absolute atomic E-state index is 0.220. The molecule has 1 atom stereocenters. The van der Waals surface area contributed by atoms with E-state index in [4.69, 9.17) is 9.84 Å². The monoisotopic (exact) mass is 257 g/mol. The summed E-state index contributed by atoms with van der Waals surface area (Å²) in [7, 11) is 0. The lowest BCUT2D eigenvalue weighted by molar-refractivity contribution is -0.166. The van der Waals surface area contributed by atoms with E-state index in [1.807, 2.05) is 0 Å². The number of hydrogen-bond donors (Lipinski definition) is 2. The Labute approximate surface area is 108 Å². The van der Waals surface area contributed by atoms with Crippen LogP contribution in [-0.2, 0) is 14.3 Å². The number of rotatable bonds is 3. The Hall–Kier alpha value is -1.10. The topological polar surface area (TPSA) is 75.6 Å². The minimum Gasteiger partial charge on any atom is -0.481 e. The van der Waals surface area contributed by atoms with Crippen LogP contribution in [0, 0.1) is 0 Å². The Bertz CT molecular complexity index is 311. The second-order valence-electron chi connectivity index (χ2n) is 5.89. The third kappa shape index (κ3) is 4.29.